The first kappa shape index (κ1) is 15.9. The second kappa shape index (κ2) is 6.56. The van der Waals surface area contributed by atoms with Crippen LogP contribution in [0.2, 0.25) is 0 Å². The van der Waals surface area contributed by atoms with Crippen LogP contribution in [0.5, 0.6) is 0 Å². The topological polar surface area (TPSA) is 75.6 Å². The predicted octanol–water partition coefficient (Wildman–Crippen LogP) is 0.352. The normalized spacial score (nSPS) is 22.4. The van der Waals surface area contributed by atoms with Gasteiger partial charge in [0, 0.05) is 19.1 Å². The Morgan fingerprint density at radius 3 is 2.62 bits per heavy atom. The van der Waals surface area contributed by atoms with Crippen molar-refractivity contribution in [2.45, 2.75) is 24.4 Å². The molecule has 1 amide bonds. The molecular weight excluding hydrogens is 264 g/mol. The van der Waals surface area contributed by atoms with E-state index in [0.29, 0.717) is 12.6 Å². The number of nitrogens with two attached hydrogens (primary N) is 2. The van der Waals surface area contributed by atoms with Crippen molar-refractivity contribution < 1.29 is 4.79 Å². The molecule has 0 radical (unpaired) electrons. The molecule has 116 valence electrons. The predicted molar refractivity (Wildman–Crippen MR) is 84.7 cm³/mol. The molecule has 1 aliphatic rings. The molecule has 0 spiro atoms. The molecule has 1 saturated heterocycles. The highest BCUT2D eigenvalue weighted by molar-refractivity contribution is 5.86. The summed E-state index contributed by atoms with van der Waals surface area (Å²) in [7, 11) is 4.14. The van der Waals surface area contributed by atoms with E-state index in [1.807, 2.05) is 37.4 Å². The van der Waals surface area contributed by atoms with Gasteiger partial charge in [0.1, 0.15) is 5.54 Å². The van der Waals surface area contributed by atoms with E-state index in [1.54, 1.807) is 0 Å². The second-order valence-electron chi connectivity index (χ2n) is 6.18. The first-order chi connectivity index (χ1) is 9.93. The maximum absolute atomic E-state index is 11.9. The summed E-state index contributed by atoms with van der Waals surface area (Å²) >= 11 is 0. The van der Waals surface area contributed by atoms with Crippen molar-refractivity contribution >= 4 is 5.91 Å². The summed E-state index contributed by atoms with van der Waals surface area (Å²) in [5, 5.41) is 0. The number of carbonyl (C=O) groups is 1. The largest absolute Gasteiger partial charge is 0.368 e. The van der Waals surface area contributed by atoms with Crippen LogP contribution in [0.3, 0.4) is 0 Å². The summed E-state index contributed by atoms with van der Waals surface area (Å²) in [5.41, 5.74) is 11.5. The number of rotatable bonds is 6. The van der Waals surface area contributed by atoms with E-state index < -0.39 is 11.4 Å². The Morgan fingerprint density at radius 1 is 1.43 bits per heavy atom. The number of amides is 1. The fourth-order valence-electron chi connectivity index (χ4n) is 3.11. The quantitative estimate of drug-likeness (QED) is 0.793. The number of likely N-dealkylation sites (N-methyl/N-ethyl adjacent to an activating group) is 2. The van der Waals surface area contributed by atoms with Crippen LogP contribution in [-0.2, 0) is 10.3 Å². The summed E-state index contributed by atoms with van der Waals surface area (Å²) in [4.78, 5) is 16.4. The molecular formula is C16H26N4O. The molecule has 5 nitrogen and oxygen atoms in total. The number of nitrogens with zero attached hydrogens (tertiary/aromatic N) is 2. The van der Waals surface area contributed by atoms with Crippen molar-refractivity contribution in [3.05, 3.63) is 35.9 Å². The smallest absolute Gasteiger partial charge is 0.243 e. The van der Waals surface area contributed by atoms with Crippen molar-refractivity contribution in [1.82, 2.24) is 9.80 Å². The van der Waals surface area contributed by atoms with Gasteiger partial charge < -0.3 is 21.3 Å². The van der Waals surface area contributed by atoms with Crippen LogP contribution < -0.4 is 11.5 Å². The third-order valence-corrected chi connectivity index (χ3v) is 4.44. The average Bonchev–Trinajstić information content (AvgIpc) is 2.84. The SMILES string of the molecule is CN(CC1CCCN1C)CC(N)(C(N)=O)c1ccccc1. The van der Waals surface area contributed by atoms with Crippen LogP contribution in [0, 0.1) is 0 Å². The van der Waals surface area contributed by atoms with Gasteiger partial charge >= 0.3 is 0 Å². The van der Waals surface area contributed by atoms with Crippen molar-refractivity contribution in [2.75, 3.05) is 33.7 Å². The molecule has 1 aromatic rings. The first-order valence-electron chi connectivity index (χ1n) is 7.46. The lowest BCUT2D eigenvalue weighted by molar-refractivity contribution is -0.124. The Labute approximate surface area is 126 Å². The van der Waals surface area contributed by atoms with Crippen LogP contribution in [-0.4, -0.2) is 55.5 Å². The molecule has 1 aromatic carbocycles. The Kier molecular flexibility index (Phi) is 4.98. The number of hydrogen-bond donors (Lipinski definition) is 2. The van der Waals surface area contributed by atoms with Gasteiger partial charge in [-0.25, -0.2) is 0 Å². The standard InChI is InChI=1S/C16H26N4O/c1-19(11-14-9-6-10-20(14)2)12-16(18,15(17)21)13-7-4-3-5-8-13/h3-5,7-8,14H,6,9-12,18H2,1-2H3,(H2,17,21). The van der Waals surface area contributed by atoms with Gasteiger partial charge in [-0.3, -0.25) is 4.79 Å². The summed E-state index contributed by atoms with van der Waals surface area (Å²) in [6.45, 7) is 2.47. The van der Waals surface area contributed by atoms with Crippen molar-refractivity contribution in [1.29, 1.82) is 0 Å². The van der Waals surface area contributed by atoms with Crippen LogP contribution in [0.4, 0.5) is 0 Å². The van der Waals surface area contributed by atoms with Gasteiger partial charge in [-0.2, -0.15) is 0 Å². The maximum Gasteiger partial charge on any atom is 0.243 e. The van der Waals surface area contributed by atoms with Crippen LogP contribution in [0.25, 0.3) is 0 Å². The third-order valence-electron chi connectivity index (χ3n) is 4.44. The van der Waals surface area contributed by atoms with E-state index in [9.17, 15) is 4.79 Å². The molecule has 2 atom stereocenters. The monoisotopic (exact) mass is 290 g/mol. The molecule has 1 aliphatic heterocycles. The minimum atomic E-state index is -1.15. The molecule has 0 aliphatic carbocycles. The fraction of sp³-hybridized carbons (Fsp3) is 0.562. The molecule has 5 heteroatoms. The van der Waals surface area contributed by atoms with Gasteiger partial charge in [-0.05, 0) is 39.0 Å². The van der Waals surface area contributed by atoms with Crippen LogP contribution in [0.1, 0.15) is 18.4 Å². The van der Waals surface area contributed by atoms with Crippen molar-refractivity contribution in [3.8, 4) is 0 Å². The van der Waals surface area contributed by atoms with E-state index in [-0.39, 0.29) is 0 Å². The summed E-state index contributed by atoms with van der Waals surface area (Å²) in [6.07, 6.45) is 2.43. The summed E-state index contributed by atoms with van der Waals surface area (Å²) < 4.78 is 0. The summed E-state index contributed by atoms with van der Waals surface area (Å²) in [6, 6.07) is 9.92. The summed E-state index contributed by atoms with van der Waals surface area (Å²) in [5.74, 6) is -0.486. The number of hydrogen-bond acceptors (Lipinski definition) is 4. The molecule has 0 saturated carbocycles. The highest BCUT2D eigenvalue weighted by Crippen LogP contribution is 2.21. The van der Waals surface area contributed by atoms with Crippen LogP contribution >= 0.6 is 0 Å². The third kappa shape index (κ3) is 3.61. The molecule has 1 heterocycles. The van der Waals surface area contributed by atoms with Gasteiger partial charge in [0.25, 0.3) is 0 Å². The lowest BCUT2D eigenvalue weighted by Gasteiger charge is -2.33. The van der Waals surface area contributed by atoms with Gasteiger partial charge in [0.15, 0.2) is 0 Å². The van der Waals surface area contributed by atoms with Crippen molar-refractivity contribution in [2.24, 2.45) is 11.5 Å². The lowest BCUT2D eigenvalue weighted by Crippen LogP contribution is -2.56. The Balaban J connectivity index is 2.07. The molecule has 1 fully saturated rings. The Morgan fingerprint density at radius 2 is 2.10 bits per heavy atom. The number of carbonyl (C=O) groups excluding carboxylic acids is 1. The zero-order chi connectivity index (χ0) is 15.5. The first-order valence-corrected chi connectivity index (χ1v) is 7.46. The van der Waals surface area contributed by atoms with Crippen molar-refractivity contribution in [3.63, 3.8) is 0 Å². The zero-order valence-electron chi connectivity index (χ0n) is 13.0. The molecule has 4 N–H and O–H groups in total. The van der Waals surface area contributed by atoms with E-state index in [1.165, 1.54) is 12.8 Å². The fourth-order valence-corrected chi connectivity index (χ4v) is 3.11. The second-order valence-corrected chi connectivity index (χ2v) is 6.18. The van der Waals surface area contributed by atoms with E-state index in [2.05, 4.69) is 16.8 Å². The van der Waals surface area contributed by atoms with Gasteiger partial charge in [0.05, 0.1) is 0 Å². The molecule has 2 unspecified atom stereocenters. The minimum Gasteiger partial charge on any atom is -0.368 e. The number of benzene rings is 1. The van der Waals surface area contributed by atoms with Crippen LogP contribution in [0.15, 0.2) is 30.3 Å². The molecule has 0 aromatic heterocycles. The van der Waals surface area contributed by atoms with E-state index >= 15 is 0 Å². The maximum atomic E-state index is 11.9. The Bertz CT molecular complexity index is 478. The molecule has 21 heavy (non-hydrogen) atoms. The molecule has 0 bridgehead atoms. The zero-order valence-corrected chi connectivity index (χ0v) is 13.0. The molecule has 2 rings (SSSR count). The average molecular weight is 290 g/mol. The van der Waals surface area contributed by atoms with Gasteiger partial charge in [0.2, 0.25) is 5.91 Å². The highest BCUT2D eigenvalue weighted by atomic mass is 16.1. The van der Waals surface area contributed by atoms with E-state index in [0.717, 1.165) is 18.7 Å². The lowest BCUT2D eigenvalue weighted by atomic mass is 9.89. The number of primary amides is 1. The highest BCUT2D eigenvalue weighted by Gasteiger charge is 2.36. The Hall–Kier alpha value is -1.43. The van der Waals surface area contributed by atoms with Gasteiger partial charge in [-0.15, -0.1) is 0 Å². The number of likely N-dealkylation sites (tertiary alicyclic amines) is 1. The minimum absolute atomic E-state index is 0.427. The van der Waals surface area contributed by atoms with E-state index in [4.69, 9.17) is 11.5 Å². The van der Waals surface area contributed by atoms with Gasteiger partial charge in [-0.1, -0.05) is 30.3 Å².